The summed E-state index contributed by atoms with van der Waals surface area (Å²) in [7, 11) is 0. The third-order valence-electron chi connectivity index (χ3n) is 5.22. The quantitative estimate of drug-likeness (QED) is 0.355. The standard InChI is InChI=1S/C24H17F6N3O2/c1-13(32-23(34)24(28,29)30)22(14-2-8-19(26)20(27)11-14)35-18-7-9-21-15(10-18)12-31-33(21)17-5-3-16(25)4-6-17/h2-13,22H,1H3,(H,32,34). The molecule has 182 valence electrons. The second kappa shape index (κ2) is 9.32. The molecule has 3 aromatic carbocycles. The van der Waals surface area contributed by atoms with Crippen molar-refractivity contribution in [1.29, 1.82) is 0 Å². The summed E-state index contributed by atoms with van der Waals surface area (Å²) in [6.45, 7) is 1.25. The van der Waals surface area contributed by atoms with Gasteiger partial charge >= 0.3 is 12.1 Å². The Morgan fingerprint density at radius 3 is 2.34 bits per heavy atom. The Morgan fingerprint density at radius 1 is 0.971 bits per heavy atom. The van der Waals surface area contributed by atoms with Crippen LogP contribution in [0, 0.1) is 17.5 Å². The van der Waals surface area contributed by atoms with Gasteiger partial charge in [-0.3, -0.25) is 4.79 Å². The normalized spacial score (nSPS) is 13.5. The van der Waals surface area contributed by atoms with Crippen molar-refractivity contribution >= 4 is 16.8 Å². The number of amides is 1. The highest BCUT2D eigenvalue weighted by molar-refractivity contribution is 5.82. The van der Waals surface area contributed by atoms with Crippen molar-refractivity contribution in [3.8, 4) is 11.4 Å². The molecule has 0 spiro atoms. The minimum absolute atomic E-state index is 0.0148. The lowest BCUT2D eigenvalue weighted by atomic mass is 10.0. The molecule has 0 saturated carbocycles. The molecular weight excluding hydrogens is 476 g/mol. The van der Waals surface area contributed by atoms with Gasteiger partial charge in [-0.25, -0.2) is 17.9 Å². The largest absolute Gasteiger partial charge is 0.484 e. The highest BCUT2D eigenvalue weighted by atomic mass is 19.4. The first-order valence-corrected chi connectivity index (χ1v) is 10.3. The lowest BCUT2D eigenvalue weighted by Crippen LogP contribution is -2.45. The maximum absolute atomic E-state index is 13.9. The smallest absolute Gasteiger partial charge is 0.471 e. The van der Waals surface area contributed by atoms with Gasteiger partial charge in [0.25, 0.3) is 0 Å². The zero-order valence-electron chi connectivity index (χ0n) is 18.0. The van der Waals surface area contributed by atoms with Gasteiger partial charge in [0.15, 0.2) is 11.6 Å². The van der Waals surface area contributed by atoms with E-state index in [4.69, 9.17) is 4.74 Å². The van der Waals surface area contributed by atoms with E-state index in [1.807, 2.05) is 0 Å². The molecule has 0 fully saturated rings. The summed E-state index contributed by atoms with van der Waals surface area (Å²) in [5.41, 5.74) is 1.24. The molecule has 4 rings (SSSR count). The predicted octanol–water partition coefficient (Wildman–Crippen LogP) is 5.63. The molecule has 0 saturated heterocycles. The van der Waals surface area contributed by atoms with Crippen LogP contribution in [-0.2, 0) is 4.79 Å². The molecule has 0 aliphatic rings. The molecule has 0 radical (unpaired) electrons. The molecule has 4 aromatic rings. The van der Waals surface area contributed by atoms with Crippen molar-refractivity contribution in [3.63, 3.8) is 0 Å². The number of alkyl halides is 3. The number of benzene rings is 3. The van der Waals surface area contributed by atoms with E-state index in [9.17, 15) is 31.1 Å². The van der Waals surface area contributed by atoms with Crippen molar-refractivity contribution in [3.05, 3.63) is 89.9 Å². The minimum Gasteiger partial charge on any atom is -0.484 e. The number of hydrogen-bond acceptors (Lipinski definition) is 3. The van der Waals surface area contributed by atoms with E-state index in [2.05, 4.69) is 5.10 Å². The Bertz CT molecular complexity index is 1370. The van der Waals surface area contributed by atoms with Gasteiger partial charge in [-0.1, -0.05) is 6.07 Å². The molecular formula is C24H17F6N3O2. The van der Waals surface area contributed by atoms with Crippen LogP contribution in [0.3, 0.4) is 0 Å². The Hall–Kier alpha value is -4.02. The molecule has 5 nitrogen and oxygen atoms in total. The number of carbonyl (C=O) groups excluding carboxylic acids is 1. The van der Waals surface area contributed by atoms with Crippen LogP contribution in [0.25, 0.3) is 16.6 Å². The molecule has 1 N–H and O–H groups in total. The molecule has 0 aliphatic heterocycles. The summed E-state index contributed by atoms with van der Waals surface area (Å²) in [6, 6.07) is 11.8. The zero-order chi connectivity index (χ0) is 25.3. The topological polar surface area (TPSA) is 56.1 Å². The summed E-state index contributed by atoms with van der Waals surface area (Å²) < 4.78 is 86.2. The van der Waals surface area contributed by atoms with E-state index < -0.39 is 41.7 Å². The van der Waals surface area contributed by atoms with E-state index in [-0.39, 0.29) is 11.3 Å². The Labute approximate surface area is 194 Å². The first-order valence-electron chi connectivity index (χ1n) is 10.3. The molecule has 11 heteroatoms. The summed E-state index contributed by atoms with van der Waals surface area (Å²) in [4.78, 5) is 11.5. The van der Waals surface area contributed by atoms with Crippen LogP contribution in [0.15, 0.2) is 66.9 Å². The van der Waals surface area contributed by atoms with Crippen molar-refractivity contribution in [2.24, 2.45) is 0 Å². The predicted molar refractivity (Wildman–Crippen MR) is 114 cm³/mol. The van der Waals surface area contributed by atoms with Gasteiger partial charge in [-0.05, 0) is 67.1 Å². The van der Waals surface area contributed by atoms with E-state index in [1.54, 1.807) is 22.1 Å². The second-order valence-electron chi connectivity index (χ2n) is 7.73. The summed E-state index contributed by atoms with van der Waals surface area (Å²) in [5, 5.41) is 6.64. The van der Waals surface area contributed by atoms with Crippen molar-refractivity contribution in [1.82, 2.24) is 15.1 Å². The SMILES string of the molecule is CC(NC(=O)C(F)(F)F)C(Oc1ccc2c(cnn2-c2ccc(F)cc2)c1)c1ccc(F)c(F)c1. The van der Waals surface area contributed by atoms with E-state index in [1.165, 1.54) is 43.5 Å². The zero-order valence-corrected chi connectivity index (χ0v) is 18.0. The van der Waals surface area contributed by atoms with Gasteiger partial charge in [0.2, 0.25) is 0 Å². The van der Waals surface area contributed by atoms with Gasteiger partial charge in [0, 0.05) is 5.39 Å². The number of aromatic nitrogens is 2. The Balaban J connectivity index is 1.66. The van der Waals surface area contributed by atoms with Gasteiger partial charge in [0.05, 0.1) is 23.4 Å². The fraction of sp³-hybridized carbons (Fsp3) is 0.167. The Morgan fingerprint density at radius 2 is 1.69 bits per heavy atom. The number of hydrogen-bond donors (Lipinski definition) is 1. The average Bonchev–Trinajstić information content (AvgIpc) is 3.22. The lowest BCUT2D eigenvalue weighted by molar-refractivity contribution is -0.174. The highest BCUT2D eigenvalue weighted by Gasteiger charge is 2.40. The molecule has 1 aromatic heterocycles. The third kappa shape index (κ3) is 5.23. The average molecular weight is 493 g/mol. The summed E-state index contributed by atoms with van der Waals surface area (Å²) >= 11 is 0. The van der Waals surface area contributed by atoms with Crippen molar-refractivity contribution in [2.75, 3.05) is 0 Å². The van der Waals surface area contributed by atoms with Crippen LogP contribution >= 0.6 is 0 Å². The van der Waals surface area contributed by atoms with Crippen LogP contribution in [-0.4, -0.2) is 27.9 Å². The second-order valence-corrected chi connectivity index (χ2v) is 7.73. The van der Waals surface area contributed by atoms with Gasteiger partial charge < -0.3 is 10.1 Å². The summed E-state index contributed by atoms with van der Waals surface area (Å²) in [6.07, 6.45) is -4.92. The molecule has 0 bridgehead atoms. The van der Waals surface area contributed by atoms with Gasteiger partial charge in [-0.15, -0.1) is 0 Å². The first kappa shape index (κ1) is 24.1. The maximum Gasteiger partial charge on any atom is 0.471 e. The van der Waals surface area contributed by atoms with E-state index in [0.717, 1.165) is 18.2 Å². The van der Waals surface area contributed by atoms with Crippen LogP contribution in [0.1, 0.15) is 18.6 Å². The van der Waals surface area contributed by atoms with Crippen LogP contribution in [0.4, 0.5) is 26.3 Å². The van der Waals surface area contributed by atoms with Crippen LogP contribution in [0.5, 0.6) is 5.75 Å². The van der Waals surface area contributed by atoms with Crippen molar-refractivity contribution in [2.45, 2.75) is 25.2 Å². The fourth-order valence-electron chi connectivity index (χ4n) is 3.53. The monoisotopic (exact) mass is 493 g/mol. The number of carbonyl (C=O) groups is 1. The highest BCUT2D eigenvalue weighted by Crippen LogP contribution is 2.30. The Kier molecular flexibility index (Phi) is 6.42. The molecule has 35 heavy (non-hydrogen) atoms. The minimum atomic E-state index is -5.14. The van der Waals surface area contributed by atoms with Crippen molar-refractivity contribution < 1.29 is 35.9 Å². The van der Waals surface area contributed by atoms with Crippen LogP contribution < -0.4 is 10.1 Å². The van der Waals surface area contributed by atoms with Gasteiger partial charge in [-0.2, -0.15) is 18.3 Å². The number of fused-ring (bicyclic) bond motifs is 1. The van der Waals surface area contributed by atoms with E-state index >= 15 is 0 Å². The number of nitrogens with one attached hydrogen (secondary N) is 1. The van der Waals surface area contributed by atoms with Crippen LogP contribution in [0.2, 0.25) is 0 Å². The fourth-order valence-corrected chi connectivity index (χ4v) is 3.53. The molecule has 2 atom stereocenters. The number of halogens is 6. The molecule has 0 aliphatic carbocycles. The number of nitrogens with zero attached hydrogens (tertiary/aromatic N) is 2. The van der Waals surface area contributed by atoms with Gasteiger partial charge in [0.1, 0.15) is 17.7 Å². The molecule has 1 amide bonds. The first-order chi connectivity index (χ1) is 16.5. The lowest BCUT2D eigenvalue weighted by Gasteiger charge is -2.27. The number of rotatable bonds is 6. The summed E-state index contributed by atoms with van der Waals surface area (Å²) in [5.74, 6) is -4.79. The van der Waals surface area contributed by atoms with E-state index in [0.29, 0.717) is 16.6 Å². The number of ether oxygens (including phenoxy) is 1. The molecule has 2 unspecified atom stereocenters. The third-order valence-corrected chi connectivity index (χ3v) is 5.22. The maximum atomic E-state index is 13.9. The molecule has 1 heterocycles.